The van der Waals surface area contributed by atoms with Crippen LogP contribution in [-0.4, -0.2) is 14.7 Å². The molecule has 0 fully saturated rings. The van der Waals surface area contributed by atoms with Crippen LogP contribution in [0, 0.1) is 11.6 Å². The van der Waals surface area contributed by atoms with Crippen LogP contribution in [0.25, 0.3) is 0 Å². The van der Waals surface area contributed by atoms with E-state index in [2.05, 4.69) is 4.98 Å². The molecule has 3 rings (SSSR count). The van der Waals surface area contributed by atoms with Gasteiger partial charge in [0, 0.05) is 5.75 Å². The molecule has 0 saturated carbocycles. The Hall–Kier alpha value is -2.18. The van der Waals surface area contributed by atoms with Crippen LogP contribution in [0.1, 0.15) is 16.8 Å². The molecule has 0 radical (unpaired) electrons. The molecule has 24 heavy (non-hydrogen) atoms. The summed E-state index contributed by atoms with van der Waals surface area (Å²) < 4.78 is 28.2. The van der Waals surface area contributed by atoms with Gasteiger partial charge >= 0.3 is 0 Å². The van der Waals surface area contributed by atoms with Gasteiger partial charge in [0.05, 0.1) is 25.0 Å². The fourth-order valence-corrected chi connectivity index (χ4v) is 3.30. The van der Waals surface area contributed by atoms with Crippen LogP contribution >= 0.6 is 11.8 Å². The van der Waals surface area contributed by atoms with Crippen LogP contribution in [0.4, 0.5) is 8.78 Å². The third-order valence-corrected chi connectivity index (χ3v) is 4.64. The number of halogens is 2. The largest absolute Gasteiger partial charge is 0.390 e. The van der Waals surface area contributed by atoms with Crippen LogP contribution in [0.3, 0.4) is 0 Å². The molecule has 0 spiro atoms. The molecule has 0 bridgehead atoms. The van der Waals surface area contributed by atoms with Crippen molar-refractivity contribution in [1.82, 2.24) is 9.55 Å². The average Bonchev–Trinajstić information content (AvgIpc) is 2.96. The highest BCUT2D eigenvalue weighted by molar-refractivity contribution is 7.98. The van der Waals surface area contributed by atoms with E-state index in [0.717, 1.165) is 16.3 Å². The van der Waals surface area contributed by atoms with Gasteiger partial charge in [-0.1, -0.05) is 36.0 Å². The van der Waals surface area contributed by atoms with Gasteiger partial charge in [-0.2, -0.15) is 0 Å². The van der Waals surface area contributed by atoms with E-state index in [1.165, 1.54) is 36.0 Å². The monoisotopic (exact) mass is 346 g/mol. The van der Waals surface area contributed by atoms with E-state index in [1.54, 1.807) is 24.4 Å². The predicted octanol–water partition coefficient (Wildman–Crippen LogP) is 3.99. The molecule has 0 aliphatic carbocycles. The van der Waals surface area contributed by atoms with Gasteiger partial charge in [0.1, 0.15) is 11.6 Å². The average molecular weight is 346 g/mol. The quantitative estimate of drug-likeness (QED) is 0.686. The summed E-state index contributed by atoms with van der Waals surface area (Å²) in [6, 6.07) is 12.7. The summed E-state index contributed by atoms with van der Waals surface area (Å²) in [6.45, 7) is 0.291. The van der Waals surface area contributed by atoms with Gasteiger partial charge in [-0.3, -0.25) is 0 Å². The van der Waals surface area contributed by atoms with Crippen molar-refractivity contribution >= 4 is 11.8 Å². The van der Waals surface area contributed by atoms with Crippen molar-refractivity contribution in [2.75, 3.05) is 0 Å². The molecule has 0 atom stereocenters. The number of hydrogen-bond acceptors (Lipinski definition) is 3. The molecule has 0 aliphatic rings. The first kappa shape index (κ1) is 16.7. The maximum atomic E-state index is 13.4. The highest BCUT2D eigenvalue weighted by Gasteiger charge is 2.11. The SMILES string of the molecule is OCc1cnc(SCc2ccc(F)cc2)n1Cc1cccc(F)c1. The number of benzene rings is 2. The third-order valence-electron chi connectivity index (χ3n) is 3.57. The summed E-state index contributed by atoms with van der Waals surface area (Å²) in [7, 11) is 0. The van der Waals surface area contributed by atoms with Crippen molar-refractivity contribution in [3.05, 3.63) is 83.2 Å². The molecular formula is C18H16F2N2OS. The zero-order valence-electron chi connectivity index (χ0n) is 12.8. The summed E-state index contributed by atoms with van der Waals surface area (Å²) >= 11 is 1.49. The number of imidazole rings is 1. The maximum absolute atomic E-state index is 13.4. The number of aliphatic hydroxyl groups is 1. The summed E-state index contributed by atoms with van der Waals surface area (Å²) in [5.41, 5.74) is 2.44. The molecule has 1 N–H and O–H groups in total. The minimum atomic E-state index is -0.293. The second kappa shape index (κ2) is 7.59. The van der Waals surface area contributed by atoms with Crippen LogP contribution in [-0.2, 0) is 18.9 Å². The van der Waals surface area contributed by atoms with E-state index < -0.39 is 0 Å². The van der Waals surface area contributed by atoms with Crippen LogP contribution in [0.5, 0.6) is 0 Å². The van der Waals surface area contributed by atoms with Crippen molar-refractivity contribution in [1.29, 1.82) is 0 Å². The van der Waals surface area contributed by atoms with Gasteiger partial charge in [-0.05, 0) is 35.4 Å². The Morgan fingerprint density at radius 1 is 1.00 bits per heavy atom. The molecule has 6 heteroatoms. The fraction of sp³-hybridized carbons (Fsp3) is 0.167. The Balaban J connectivity index is 1.78. The Kier molecular flexibility index (Phi) is 5.27. The molecule has 3 nitrogen and oxygen atoms in total. The normalized spacial score (nSPS) is 11.0. The van der Waals surface area contributed by atoms with Crippen LogP contribution < -0.4 is 0 Å². The number of aromatic nitrogens is 2. The maximum Gasteiger partial charge on any atom is 0.168 e. The number of nitrogens with zero attached hydrogens (tertiary/aromatic N) is 2. The lowest BCUT2D eigenvalue weighted by Crippen LogP contribution is -2.06. The first-order chi connectivity index (χ1) is 11.7. The lowest BCUT2D eigenvalue weighted by molar-refractivity contribution is 0.270. The Labute approximate surface area is 143 Å². The van der Waals surface area contributed by atoms with Crippen molar-refractivity contribution in [3.8, 4) is 0 Å². The van der Waals surface area contributed by atoms with Crippen molar-refractivity contribution in [3.63, 3.8) is 0 Å². The van der Waals surface area contributed by atoms with E-state index in [-0.39, 0.29) is 18.2 Å². The molecule has 0 unspecified atom stereocenters. The number of aliphatic hydroxyl groups excluding tert-OH is 1. The molecule has 1 aromatic heterocycles. The topological polar surface area (TPSA) is 38.1 Å². The van der Waals surface area contributed by atoms with Gasteiger partial charge < -0.3 is 9.67 Å². The minimum Gasteiger partial charge on any atom is -0.390 e. The van der Waals surface area contributed by atoms with E-state index in [4.69, 9.17) is 0 Å². The standard InChI is InChI=1S/C18H16F2N2OS/c19-15-6-4-13(5-7-15)12-24-18-21-9-17(11-23)22(18)10-14-2-1-3-16(20)8-14/h1-9,23H,10-12H2. The predicted molar refractivity (Wildman–Crippen MR) is 89.6 cm³/mol. The molecular weight excluding hydrogens is 330 g/mol. The van der Waals surface area contributed by atoms with E-state index in [9.17, 15) is 13.9 Å². The lowest BCUT2D eigenvalue weighted by atomic mass is 10.2. The third kappa shape index (κ3) is 4.01. The van der Waals surface area contributed by atoms with Gasteiger partial charge in [0.2, 0.25) is 0 Å². The molecule has 3 aromatic rings. The number of thioether (sulfide) groups is 1. The van der Waals surface area contributed by atoms with Gasteiger partial charge in [0.15, 0.2) is 5.16 Å². The Bertz CT molecular complexity index is 818. The van der Waals surface area contributed by atoms with Crippen molar-refractivity contribution in [2.24, 2.45) is 0 Å². The highest BCUT2D eigenvalue weighted by Crippen LogP contribution is 2.24. The first-order valence-corrected chi connectivity index (χ1v) is 8.41. The number of hydrogen-bond donors (Lipinski definition) is 1. The van der Waals surface area contributed by atoms with Gasteiger partial charge in [-0.25, -0.2) is 13.8 Å². The van der Waals surface area contributed by atoms with E-state index in [0.29, 0.717) is 18.0 Å². The molecule has 0 aliphatic heterocycles. The van der Waals surface area contributed by atoms with E-state index >= 15 is 0 Å². The summed E-state index contributed by atoms with van der Waals surface area (Å²) in [5.74, 6) is 0.0725. The molecule has 124 valence electrons. The molecule has 0 saturated heterocycles. The summed E-state index contributed by atoms with van der Waals surface area (Å²) in [5, 5.41) is 10.2. The molecule has 0 amide bonds. The lowest BCUT2D eigenvalue weighted by Gasteiger charge is -2.11. The first-order valence-electron chi connectivity index (χ1n) is 7.42. The molecule has 1 heterocycles. The molecule has 2 aromatic carbocycles. The Morgan fingerprint density at radius 2 is 1.79 bits per heavy atom. The number of rotatable bonds is 6. The van der Waals surface area contributed by atoms with Crippen LogP contribution in [0.15, 0.2) is 59.9 Å². The highest BCUT2D eigenvalue weighted by atomic mass is 32.2. The van der Waals surface area contributed by atoms with Gasteiger partial charge in [-0.15, -0.1) is 0 Å². The van der Waals surface area contributed by atoms with Gasteiger partial charge in [0.25, 0.3) is 0 Å². The zero-order valence-corrected chi connectivity index (χ0v) is 13.6. The van der Waals surface area contributed by atoms with Crippen LogP contribution in [0.2, 0.25) is 0 Å². The van der Waals surface area contributed by atoms with Crippen molar-refractivity contribution < 1.29 is 13.9 Å². The minimum absolute atomic E-state index is 0.139. The van der Waals surface area contributed by atoms with E-state index in [1.807, 2.05) is 10.6 Å². The smallest absolute Gasteiger partial charge is 0.168 e. The zero-order chi connectivity index (χ0) is 16.9. The summed E-state index contributed by atoms with van der Waals surface area (Å²) in [4.78, 5) is 4.34. The second-order valence-corrected chi connectivity index (χ2v) is 6.26. The fourth-order valence-electron chi connectivity index (χ4n) is 2.35. The Morgan fingerprint density at radius 3 is 2.50 bits per heavy atom. The summed E-state index contributed by atoms with van der Waals surface area (Å²) in [6.07, 6.45) is 1.62. The second-order valence-electron chi connectivity index (χ2n) is 5.32. The van der Waals surface area contributed by atoms with Crippen molar-refractivity contribution in [2.45, 2.75) is 24.1 Å².